The summed E-state index contributed by atoms with van der Waals surface area (Å²) < 4.78 is 11.0. The standard InChI is InChI=1S/C15H20N2O3/c16-12-3-2-11(8-12)15(18)17-9-10-1-4-13-14(7-10)20-6-5-19-13/h1,4,7,11-12H,2-3,5-6,8-9,16H2,(H,17,18). The normalized spacial score (nSPS) is 24.4. The number of carbonyl (C=O) groups is 1. The molecule has 0 aromatic heterocycles. The first-order valence-electron chi connectivity index (χ1n) is 7.14. The Bertz CT molecular complexity index is 504. The van der Waals surface area contributed by atoms with Gasteiger partial charge < -0.3 is 20.5 Å². The molecule has 0 saturated heterocycles. The van der Waals surface area contributed by atoms with Gasteiger partial charge >= 0.3 is 0 Å². The summed E-state index contributed by atoms with van der Waals surface area (Å²) in [6.07, 6.45) is 2.64. The van der Waals surface area contributed by atoms with E-state index in [4.69, 9.17) is 15.2 Å². The van der Waals surface area contributed by atoms with Crippen molar-refractivity contribution < 1.29 is 14.3 Å². The van der Waals surface area contributed by atoms with Crippen LogP contribution in [0.3, 0.4) is 0 Å². The highest BCUT2D eigenvalue weighted by molar-refractivity contribution is 5.79. The van der Waals surface area contributed by atoms with Crippen molar-refractivity contribution in [2.24, 2.45) is 11.7 Å². The van der Waals surface area contributed by atoms with Gasteiger partial charge in [0.05, 0.1) is 0 Å². The second-order valence-corrected chi connectivity index (χ2v) is 5.47. The lowest BCUT2D eigenvalue weighted by molar-refractivity contribution is -0.125. The van der Waals surface area contributed by atoms with Crippen LogP contribution in [-0.4, -0.2) is 25.2 Å². The van der Waals surface area contributed by atoms with Gasteiger partial charge in [0.1, 0.15) is 13.2 Å². The molecule has 0 bridgehead atoms. The van der Waals surface area contributed by atoms with Crippen LogP contribution in [0.15, 0.2) is 18.2 Å². The average molecular weight is 276 g/mol. The summed E-state index contributed by atoms with van der Waals surface area (Å²) in [5.74, 6) is 1.70. The lowest BCUT2D eigenvalue weighted by atomic mass is 10.1. The number of rotatable bonds is 3. The zero-order chi connectivity index (χ0) is 13.9. The van der Waals surface area contributed by atoms with Crippen molar-refractivity contribution in [1.29, 1.82) is 0 Å². The minimum Gasteiger partial charge on any atom is -0.486 e. The van der Waals surface area contributed by atoms with Crippen molar-refractivity contribution in [3.63, 3.8) is 0 Å². The molecule has 1 aromatic carbocycles. The lowest BCUT2D eigenvalue weighted by Gasteiger charge is -2.19. The highest BCUT2D eigenvalue weighted by Gasteiger charge is 2.27. The highest BCUT2D eigenvalue weighted by Crippen LogP contribution is 2.30. The van der Waals surface area contributed by atoms with Gasteiger partial charge in [0.2, 0.25) is 5.91 Å². The van der Waals surface area contributed by atoms with Crippen LogP contribution in [0.1, 0.15) is 24.8 Å². The van der Waals surface area contributed by atoms with Gasteiger partial charge in [0.15, 0.2) is 11.5 Å². The highest BCUT2D eigenvalue weighted by atomic mass is 16.6. The third-order valence-electron chi connectivity index (χ3n) is 3.92. The summed E-state index contributed by atoms with van der Waals surface area (Å²) >= 11 is 0. The first-order chi connectivity index (χ1) is 9.72. The van der Waals surface area contributed by atoms with Gasteiger partial charge in [-0.3, -0.25) is 4.79 Å². The Balaban J connectivity index is 1.57. The van der Waals surface area contributed by atoms with Gasteiger partial charge in [-0.2, -0.15) is 0 Å². The summed E-state index contributed by atoms with van der Waals surface area (Å²) in [6, 6.07) is 5.95. The molecule has 5 heteroatoms. The zero-order valence-electron chi connectivity index (χ0n) is 11.4. The molecular formula is C15H20N2O3. The van der Waals surface area contributed by atoms with Gasteiger partial charge in [-0.05, 0) is 37.0 Å². The fourth-order valence-electron chi connectivity index (χ4n) is 2.79. The Kier molecular flexibility index (Phi) is 3.78. The Labute approximate surface area is 118 Å². The molecule has 20 heavy (non-hydrogen) atoms. The number of hydrogen-bond acceptors (Lipinski definition) is 4. The van der Waals surface area contributed by atoms with E-state index in [9.17, 15) is 4.79 Å². The summed E-state index contributed by atoms with van der Waals surface area (Å²) in [7, 11) is 0. The van der Waals surface area contributed by atoms with Crippen molar-refractivity contribution >= 4 is 5.91 Å². The van der Waals surface area contributed by atoms with Crippen molar-refractivity contribution in [2.75, 3.05) is 13.2 Å². The van der Waals surface area contributed by atoms with E-state index in [0.717, 1.165) is 36.3 Å². The molecule has 0 spiro atoms. The van der Waals surface area contributed by atoms with Crippen LogP contribution in [0.25, 0.3) is 0 Å². The molecule has 108 valence electrons. The third-order valence-corrected chi connectivity index (χ3v) is 3.92. The molecule has 1 aromatic rings. The number of benzene rings is 1. The van der Waals surface area contributed by atoms with Gasteiger partial charge in [-0.15, -0.1) is 0 Å². The molecule has 1 saturated carbocycles. The Morgan fingerprint density at radius 3 is 2.80 bits per heavy atom. The minimum atomic E-state index is 0.0715. The largest absolute Gasteiger partial charge is 0.486 e. The predicted molar refractivity (Wildman–Crippen MR) is 74.6 cm³/mol. The van der Waals surface area contributed by atoms with Gasteiger partial charge in [-0.1, -0.05) is 6.07 Å². The Hall–Kier alpha value is -1.75. The van der Waals surface area contributed by atoms with Gasteiger partial charge in [0, 0.05) is 18.5 Å². The smallest absolute Gasteiger partial charge is 0.223 e. The number of nitrogens with one attached hydrogen (secondary N) is 1. The first kappa shape index (κ1) is 13.2. The number of nitrogens with two attached hydrogens (primary N) is 1. The topological polar surface area (TPSA) is 73.6 Å². The molecule has 2 aliphatic rings. The number of hydrogen-bond donors (Lipinski definition) is 2. The molecule has 1 heterocycles. The monoisotopic (exact) mass is 276 g/mol. The van der Waals surface area contributed by atoms with Crippen LogP contribution < -0.4 is 20.5 Å². The van der Waals surface area contributed by atoms with E-state index in [1.54, 1.807) is 0 Å². The van der Waals surface area contributed by atoms with Crippen LogP contribution in [0.5, 0.6) is 11.5 Å². The number of fused-ring (bicyclic) bond motifs is 1. The number of carbonyl (C=O) groups excluding carboxylic acids is 1. The van der Waals surface area contributed by atoms with E-state index < -0.39 is 0 Å². The summed E-state index contributed by atoms with van der Waals surface area (Å²) in [6.45, 7) is 1.68. The van der Waals surface area contributed by atoms with Crippen LogP contribution in [0.2, 0.25) is 0 Å². The molecule has 2 atom stereocenters. The first-order valence-corrected chi connectivity index (χ1v) is 7.14. The minimum absolute atomic E-state index is 0.0715. The van der Waals surface area contributed by atoms with E-state index in [0.29, 0.717) is 19.8 Å². The molecule has 0 radical (unpaired) electrons. The third kappa shape index (κ3) is 2.88. The van der Waals surface area contributed by atoms with Crippen molar-refractivity contribution in [2.45, 2.75) is 31.8 Å². The second kappa shape index (κ2) is 5.71. The predicted octanol–water partition coefficient (Wildman–Crippen LogP) is 1.20. The molecule has 5 nitrogen and oxygen atoms in total. The molecular weight excluding hydrogens is 256 g/mol. The van der Waals surface area contributed by atoms with Gasteiger partial charge in [0.25, 0.3) is 0 Å². The summed E-state index contributed by atoms with van der Waals surface area (Å²) in [5.41, 5.74) is 6.85. The van der Waals surface area contributed by atoms with Crippen LogP contribution in [0.4, 0.5) is 0 Å². The Morgan fingerprint density at radius 1 is 1.25 bits per heavy atom. The molecule has 3 rings (SSSR count). The maximum absolute atomic E-state index is 12.0. The van der Waals surface area contributed by atoms with E-state index in [1.807, 2.05) is 18.2 Å². The average Bonchev–Trinajstić information content (AvgIpc) is 2.91. The van der Waals surface area contributed by atoms with Crippen LogP contribution in [0, 0.1) is 5.92 Å². The fourth-order valence-corrected chi connectivity index (χ4v) is 2.79. The molecule has 1 aliphatic heterocycles. The van der Waals surface area contributed by atoms with E-state index in [-0.39, 0.29) is 17.9 Å². The SMILES string of the molecule is NC1CCC(C(=O)NCc2ccc3c(c2)OCCO3)C1. The van der Waals surface area contributed by atoms with E-state index >= 15 is 0 Å². The fraction of sp³-hybridized carbons (Fsp3) is 0.533. The zero-order valence-corrected chi connectivity index (χ0v) is 11.4. The van der Waals surface area contributed by atoms with Crippen molar-refractivity contribution in [1.82, 2.24) is 5.32 Å². The summed E-state index contributed by atoms with van der Waals surface area (Å²) in [5, 5.41) is 2.98. The van der Waals surface area contributed by atoms with Crippen molar-refractivity contribution in [3.05, 3.63) is 23.8 Å². The van der Waals surface area contributed by atoms with Gasteiger partial charge in [-0.25, -0.2) is 0 Å². The van der Waals surface area contributed by atoms with E-state index in [1.165, 1.54) is 0 Å². The van der Waals surface area contributed by atoms with E-state index in [2.05, 4.69) is 5.32 Å². The maximum Gasteiger partial charge on any atom is 0.223 e. The molecule has 3 N–H and O–H groups in total. The molecule has 1 amide bonds. The molecule has 1 fully saturated rings. The quantitative estimate of drug-likeness (QED) is 0.870. The van der Waals surface area contributed by atoms with Crippen LogP contribution >= 0.6 is 0 Å². The lowest BCUT2D eigenvalue weighted by Crippen LogP contribution is -2.30. The molecule has 2 unspecified atom stereocenters. The maximum atomic E-state index is 12.0. The number of ether oxygens (including phenoxy) is 2. The number of amides is 1. The van der Waals surface area contributed by atoms with Crippen molar-refractivity contribution in [3.8, 4) is 11.5 Å². The Morgan fingerprint density at radius 2 is 2.05 bits per heavy atom. The summed E-state index contributed by atoms with van der Waals surface area (Å²) in [4.78, 5) is 12.0. The van der Waals surface area contributed by atoms with Crippen LogP contribution in [-0.2, 0) is 11.3 Å². The molecule has 1 aliphatic carbocycles. The second-order valence-electron chi connectivity index (χ2n) is 5.47.